The lowest BCUT2D eigenvalue weighted by Crippen LogP contribution is -2.56. The monoisotopic (exact) mass is 441 g/mol. The van der Waals surface area contributed by atoms with Crippen LogP contribution in [0, 0.1) is 0 Å². The SMILES string of the molecule is COC(=O)C1=C(c2ccccc2)[C@@H](c2ccccc2)[C@](Nc2ccccc2)(C(=O)OC)C1=O. The van der Waals surface area contributed by atoms with Crippen molar-refractivity contribution < 1.29 is 23.9 Å². The number of hydrogen-bond acceptors (Lipinski definition) is 6. The van der Waals surface area contributed by atoms with Crippen LogP contribution < -0.4 is 5.32 Å². The molecule has 0 heterocycles. The van der Waals surface area contributed by atoms with Gasteiger partial charge in [0.25, 0.3) is 0 Å². The van der Waals surface area contributed by atoms with Crippen LogP contribution >= 0.6 is 0 Å². The Labute approximate surface area is 191 Å². The number of esters is 2. The maximum Gasteiger partial charge on any atom is 0.341 e. The highest BCUT2D eigenvalue weighted by Gasteiger charge is 2.63. The molecule has 3 aromatic rings. The summed E-state index contributed by atoms with van der Waals surface area (Å²) in [6, 6.07) is 27.1. The van der Waals surface area contributed by atoms with Crippen LogP contribution in [0.4, 0.5) is 5.69 Å². The molecular weight excluding hydrogens is 418 g/mol. The zero-order valence-corrected chi connectivity index (χ0v) is 18.3. The van der Waals surface area contributed by atoms with Crippen LogP contribution in [0.2, 0.25) is 0 Å². The second-order valence-electron chi connectivity index (χ2n) is 7.61. The quantitative estimate of drug-likeness (QED) is 0.354. The van der Waals surface area contributed by atoms with Gasteiger partial charge in [-0.05, 0) is 28.8 Å². The number of carbonyl (C=O) groups is 3. The van der Waals surface area contributed by atoms with Crippen molar-refractivity contribution in [1.82, 2.24) is 0 Å². The summed E-state index contributed by atoms with van der Waals surface area (Å²) < 4.78 is 10.2. The van der Waals surface area contributed by atoms with Crippen LogP contribution in [0.15, 0.2) is 96.6 Å². The summed E-state index contributed by atoms with van der Waals surface area (Å²) in [6.07, 6.45) is 0. The number of para-hydroxylation sites is 1. The molecule has 0 radical (unpaired) electrons. The maximum absolute atomic E-state index is 14.1. The van der Waals surface area contributed by atoms with Crippen LogP contribution in [0.3, 0.4) is 0 Å². The van der Waals surface area contributed by atoms with Gasteiger partial charge in [0.2, 0.25) is 11.3 Å². The largest absolute Gasteiger partial charge is 0.467 e. The molecule has 0 saturated heterocycles. The molecule has 33 heavy (non-hydrogen) atoms. The number of benzene rings is 3. The van der Waals surface area contributed by atoms with Crippen molar-refractivity contribution in [3.8, 4) is 0 Å². The van der Waals surface area contributed by atoms with Crippen molar-refractivity contribution in [3.63, 3.8) is 0 Å². The molecular formula is C27H23NO5. The van der Waals surface area contributed by atoms with Gasteiger partial charge in [-0.3, -0.25) is 4.79 Å². The van der Waals surface area contributed by atoms with Gasteiger partial charge in [-0.2, -0.15) is 0 Å². The second kappa shape index (κ2) is 9.12. The Balaban J connectivity index is 2.06. The third-order valence-corrected chi connectivity index (χ3v) is 5.81. The van der Waals surface area contributed by atoms with Gasteiger partial charge >= 0.3 is 11.9 Å². The number of rotatable bonds is 6. The Morgan fingerprint density at radius 2 is 1.33 bits per heavy atom. The minimum absolute atomic E-state index is 0.175. The first-order chi connectivity index (χ1) is 16.0. The zero-order valence-electron chi connectivity index (χ0n) is 18.3. The average molecular weight is 441 g/mol. The summed E-state index contributed by atoms with van der Waals surface area (Å²) in [4.78, 5) is 40.5. The minimum atomic E-state index is -1.91. The van der Waals surface area contributed by atoms with Crippen molar-refractivity contribution in [2.45, 2.75) is 11.5 Å². The van der Waals surface area contributed by atoms with E-state index in [1.165, 1.54) is 14.2 Å². The zero-order chi connectivity index (χ0) is 23.4. The van der Waals surface area contributed by atoms with E-state index in [4.69, 9.17) is 9.47 Å². The van der Waals surface area contributed by atoms with Crippen molar-refractivity contribution in [2.24, 2.45) is 0 Å². The number of ether oxygens (including phenoxy) is 2. The van der Waals surface area contributed by atoms with Crippen molar-refractivity contribution >= 4 is 29.0 Å². The molecule has 166 valence electrons. The van der Waals surface area contributed by atoms with E-state index in [1.807, 2.05) is 54.6 Å². The fourth-order valence-corrected chi connectivity index (χ4v) is 4.41. The molecule has 4 rings (SSSR count). The Kier molecular flexibility index (Phi) is 6.09. The molecule has 0 unspecified atom stereocenters. The summed E-state index contributed by atoms with van der Waals surface area (Å²) in [7, 11) is 2.44. The van der Waals surface area contributed by atoms with E-state index in [9.17, 15) is 14.4 Å². The molecule has 6 nitrogen and oxygen atoms in total. The molecule has 0 bridgehead atoms. The van der Waals surface area contributed by atoms with Crippen LogP contribution in [0.5, 0.6) is 0 Å². The Hall–Kier alpha value is -4.19. The van der Waals surface area contributed by atoms with E-state index in [0.717, 1.165) is 0 Å². The van der Waals surface area contributed by atoms with E-state index in [-0.39, 0.29) is 5.57 Å². The van der Waals surface area contributed by atoms with Crippen LogP contribution in [-0.4, -0.2) is 37.5 Å². The average Bonchev–Trinajstić information content (AvgIpc) is 3.13. The van der Waals surface area contributed by atoms with Crippen LogP contribution in [-0.2, 0) is 23.9 Å². The molecule has 0 aliphatic heterocycles. The topological polar surface area (TPSA) is 81.7 Å². The molecule has 0 fully saturated rings. The molecule has 0 spiro atoms. The molecule has 0 saturated carbocycles. The van der Waals surface area contributed by atoms with Crippen LogP contribution in [0.1, 0.15) is 17.0 Å². The highest BCUT2D eigenvalue weighted by atomic mass is 16.5. The summed E-state index contributed by atoms with van der Waals surface area (Å²) in [5, 5.41) is 3.14. The number of methoxy groups -OCH3 is 2. The van der Waals surface area contributed by atoms with E-state index in [1.54, 1.807) is 36.4 Å². The van der Waals surface area contributed by atoms with Gasteiger partial charge < -0.3 is 14.8 Å². The molecule has 1 aliphatic carbocycles. The van der Waals surface area contributed by atoms with E-state index in [0.29, 0.717) is 22.4 Å². The molecule has 0 amide bonds. The Bertz CT molecular complexity index is 1210. The predicted octanol–water partition coefficient (Wildman–Crippen LogP) is 4.00. The lowest BCUT2D eigenvalue weighted by Gasteiger charge is -2.35. The Morgan fingerprint density at radius 1 is 0.788 bits per heavy atom. The Morgan fingerprint density at radius 3 is 1.88 bits per heavy atom. The van der Waals surface area contributed by atoms with Gasteiger partial charge in [-0.25, -0.2) is 9.59 Å². The van der Waals surface area contributed by atoms with Crippen molar-refractivity contribution in [2.75, 3.05) is 19.5 Å². The predicted molar refractivity (Wildman–Crippen MR) is 124 cm³/mol. The number of ketones is 1. The summed E-state index contributed by atoms with van der Waals surface area (Å²) >= 11 is 0. The second-order valence-corrected chi connectivity index (χ2v) is 7.61. The standard InChI is InChI=1S/C27H23NO5/c1-32-25(30)22-21(18-12-6-3-7-13-18)23(19-14-8-4-9-15-19)27(24(22)29,26(31)33-2)28-20-16-10-5-11-17-20/h3-17,23,28H,1-2H3/t23-,27-/m1/s1. The van der Waals surface area contributed by atoms with Gasteiger partial charge in [0.05, 0.1) is 20.1 Å². The van der Waals surface area contributed by atoms with Crippen LogP contribution in [0.25, 0.3) is 5.57 Å². The number of nitrogens with one attached hydrogen (secondary N) is 1. The number of anilines is 1. The smallest absolute Gasteiger partial charge is 0.341 e. The maximum atomic E-state index is 14.1. The molecule has 3 aromatic carbocycles. The van der Waals surface area contributed by atoms with E-state index < -0.39 is 29.2 Å². The highest BCUT2D eigenvalue weighted by Crippen LogP contribution is 2.51. The first-order valence-corrected chi connectivity index (χ1v) is 10.4. The van der Waals surface area contributed by atoms with Gasteiger partial charge in [-0.1, -0.05) is 78.9 Å². The number of Topliss-reactive ketones (excluding diaryl/α,β-unsaturated/α-hetero) is 1. The summed E-state index contributed by atoms with van der Waals surface area (Å²) in [5.74, 6) is -3.15. The summed E-state index contributed by atoms with van der Waals surface area (Å²) in [6.45, 7) is 0. The lowest BCUT2D eigenvalue weighted by atomic mass is 9.76. The number of hydrogen-bond donors (Lipinski definition) is 1. The third kappa shape index (κ3) is 3.69. The molecule has 6 heteroatoms. The molecule has 1 N–H and O–H groups in total. The molecule has 2 atom stereocenters. The normalized spacial score (nSPS) is 19.8. The first-order valence-electron chi connectivity index (χ1n) is 10.4. The van der Waals surface area contributed by atoms with E-state index in [2.05, 4.69) is 5.32 Å². The highest BCUT2D eigenvalue weighted by molar-refractivity contribution is 6.37. The molecule has 0 aromatic heterocycles. The van der Waals surface area contributed by atoms with Gasteiger partial charge in [0.1, 0.15) is 5.57 Å². The third-order valence-electron chi connectivity index (χ3n) is 5.81. The van der Waals surface area contributed by atoms with Crippen molar-refractivity contribution in [3.05, 3.63) is 108 Å². The van der Waals surface area contributed by atoms with E-state index >= 15 is 0 Å². The van der Waals surface area contributed by atoms with Gasteiger partial charge in [-0.15, -0.1) is 0 Å². The van der Waals surface area contributed by atoms with Gasteiger partial charge in [0, 0.05) is 5.69 Å². The minimum Gasteiger partial charge on any atom is -0.467 e. The summed E-state index contributed by atoms with van der Waals surface area (Å²) in [5.41, 5.74) is 0.180. The first kappa shape index (κ1) is 22.0. The molecule has 1 aliphatic rings. The van der Waals surface area contributed by atoms with Crippen molar-refractivity contribution in [1.29, 1.82) is 0 Å². The van der Waals surface area contributed by atoms with Gasteiger partial charge in [0.15, 0.2) is 0 Å². The fourth-order valence-electron chi connectivity index (χ4n) is 4.41. The lowest BCUT2D eigenvalue weighted by molar-refractivity contribution is -0.149. The fraction of sp³-hybridized carbons (Fsp3) is 0.148. The number of carbonyl (C=O) groups excluding carboxylic acids is 3.